The van der Waals surface area contributed by atoms with Gasteiger partial charge in [0.05, 0.1) is 10.8 Å². The summed E-state index contributed by atoms with van der Waals surface area (Å²) in [7, 11) is 0. The van der Waals surface area contributed by atoms with Gasteiger partial charge in [0.2, 0.25) is 0 Å². The standard InChI is InChI=1S/C28H43NS/c1-3-4-5-6-7-8-23-9-11-24(12-10-23)22(2)25-13-15-26(16-14-25)27-17-19-28(20-18-27)29-21-30/h17-20,22-26H,3-16H2,1-2H3. The lowest BCUT2D eigenvalue weighted by Crippen LogP contribution is -2.28. The van der Waals surface area contributed by atoms with E-state index in [-0.39, 0.29) is 0 Å². The molecule has 0 bridgehead atoms. The molecule has 30 heavy (non-hydrogen) atoms. The molecule has 2 heteroatoms. The van der Waals surface area contributed by atoms with Gasteiger partial charge in [-0.1, -0.05) is 77.3 Å². The molecule has 2 aliphatic carbocycles. The highest BCUT2D eigenvalue weighted by atomic mass is 32.1. The first kappa shape index (κ1) is 23.7. The van der Waals surface area contributed by atoms with Crippen molar-refractivity contribution in [2.45, 2.75) is 110 Å². The van der Waals surface area contributed by atoms with Crippen LogP contribution in [-0.4, -0.2) is 5.16 Å². The smallest absolute Gasteiger partial charge is 0.0739 e. The maximum atomic E-state index is 4.71. The number of isothiocyanates is 1. The van der Waals surface area contributed by atoms with Gasteiger partial charge in [0.1, 0.15) is 0 Å². The molecule has 1 aromatic carbocycles. The molecule has 0 radical (unpaired) electrons. The van der Waals surface area contributed by atoms with Gasteiger partial charge in [-0.15, -0.1) is 0 Å². The monoisotopic (exact) mass is 425 g/mol. The van der Waals surface area contributed by atoms with Crippen LogP contribution in [0.1, 0.15) is 115 Å². The first-order chi connectivity index (χ1) is 14.7. The molecular formula is C28H43NS. The Morgan fingerprint density at radius 2 is 1.47 bits per heavy atom. The minimum Gasteiger partial charge on any atom is -0.195 e. The number of hydrogen-bond acceptors (Lipinski definition) is 2. The van der Waals surface area contributed by atoms with Crippen molar-refractivity contribution >= 4 is 23.1 Å². The molecule has 0 spiro atoms. The van der Waals surface area contributed by atoms with Gasteiger partial charge in [-0.3, -0.25) is 0 Å². The van der Waals surface area contributed by atoms with Crippen LogP contribution in [0, 0.1) is 23.7 Å². The fraction of sp³-hybridized carbons (Fsp3) is 0.750. The van der Waals surface area contributed by atoms with Crippen molar-refractivity contribution in [3.8, 4) is 0 Å². The van der Waals surface area contributed by atoms with Crippen LogP contribution in [0.2, 0.25) is 0 Å². The minimum atomic E-state index is 0.738. The summed E-state index contributed by atoms with van der Waals surface area (Å²) in [6, 6.07) is 8.68. The number of benzene rings is 1. The summed E-state index contributed by atoms with van der Waals surface area (Å²) in [4.78, 5) is 4.08. The Labute approximate surface area is 191 Å². The van der Waals surface area contributed by atoms with Crippen LogP contribution in [0.3, 0.4) is 0 Å². The number of unbranched alkanes of at least 4 members (excludes halogenated alkanes) is 4. The van der Waals surface area contributed by atoms with Crippen LogP contribution in [0.25, 0.3) is 0 Å². The second-order valence-electron chi connectivity index (χ2n) is 10.2. The van der Waals surface area contributed by atoms with Crippen LogP contribution in [0.15, 0.2) is 29.3 Å². The summed E-state index contributed by atoms with van der Waals surface area (Å²) < 4.78 is 0. The SMILES string of the molecule is CCCCCCCC1CCC(C(C)C2CCC(c3ccc(N=C=S)cc3)CC2)CC1. The molecule has 166 valence electrons. The summed E-state index contributed by atoms with van der Waals surface area (Å²) in [5.41, 5.74) is 2.41. The predicted molar refractivity (Wildman–Crippen MR) is 134 cm³/mol. The summed E-state index contributed by atoms with van der Waals surface area (Å²) in [6.07, 6.45) is 20.3. The maximum absolute atomic E-state index is 4.71. The van der Waals surface area contributed by atoms with Crippen molar-refractivity contribution in [3.63, 3.8) is 0 Å². The van der Waals surface area contributed by atoms with Crippen molar-refractivity contribution in [1.82, 2.24) is 0 Å². The third kappa shape index (κ3) is 7.03. The lowest BCUT2D eigenvalue weighted by Gasteiger charge is -2.39. The highest BCUT2D eigenvalue weighted by Gasteiger charge is 2.32. The van der Waals surface area contributed by atoms with Crippen LogP contribution in [-0.2, 0) is 0 Å². The zero-order valence-corrected chi connectivity index (χ0v) is 20.3. The number of hydrogen-bond donors (Lipinski definition) is 0. The Balaban J connectivity index is 1.37. The molecule has 1 aromatic rings. The molecule has 1 nitrogen and oxygen atoms in total. The van der Waals surface area contributed by atoms with Crippen LogP contribution in [0.4, 0.5) is 5.69 Å². The maximum Gasteiger partial charge on any atom is 0.0739 e. The zero-order chi connectivity index (χ0) is 21.2. The van der Waals surface area contributed by atoms with E-state index in [2.05, 4.69) is 48.3 Å². The van der Waals surface area contributed by atoms with Gasteiger partial charge < -0.3 is 0 Å². The molecule has 3 rings (SSSR count). The molecule has 1 unspecified atom stereocenters. The molecule has 0 amide bonds. The topological polar surface area (TPSA) is 12.4 Å². The molecule has 0 aromatic heterocycles. The Bertz CT molecular complexity index is 644. The van der Waals surface area contributed by atoms with E-state index in [9.17, 15) is 0 Å². The number of rotatable bonds is 10. The van der Waals surface area contributed by atoms with Gasteiger partial charge >= 0.3 is 0 Å². The Morgan fingerprint density at radius 3 is 2.07 bits per heavy atom. The number of aliphatic imine (C=N–C) groups is 1. The van der Waals surface area contributed by atoms with Crippen molar-refractivity contribution in [1.29, 1.82) is 0 Å². The second kappa shape index (κ2) is 12.8. The molecule has 2 saturated carbocycles. The van der Waals surface area contributed by atoms with E-state index in [1.165, 1.54) is 95.5 Å². The molecule has 0 saturated heterocycles. The quantitative estimate of drug-likeness (QED) is 0.206. The van der Waals surface area contributed by atoms with Gasteiger partial charge in [-0.05, 0) is 98.0 Å². The summed E-state index contributed by atoms with van der Waals surface area (Å²) >= 11 is 4.71. The molecule has 2 aliphatic rings. The molecule has 1 atom stereocenters. The predicted octanol–water partition coefficient (Wildman–Crippen LogP) is 9.50. The van der Waals surface area contributed by atoms with Gasteiger partial charge in [-0.25, -0.2) is 0 Å². The van der Waals surface area contributed by atoms with Gasteiger partial charge in [-0.2, -0.15) is 4.99 Å². The minimum absolute atomic E-state index is 0.738. The van der Waals surface area contributed by atoms with E-state index in [1.54, 1.807) is 0 Å². The third-order valence-electron chi connectivity index (χ3n) is 8.41. The molecule has 0 N–H and O–H groups in total. The number of thiocarbonyl (C=S) groups is 1. The van der Waals surface area contributed by atoms with Crippen molar-refractivity contribution in [2.75, 3.05) is 0 Å². The number of nitrogens with zero attached hydrogens (tertiary/aromatic N) is 1. The molecule has 0 aliphatic heterocycles. The molecule has 2 fully saturated rings. The summed E-state index contributed by atoms with van der Waals surface area (Å²) in [6.45, 7) is 4.89. The average Bonchev–Trinajstić information content (AvgIpc) is 2.80. The normalized spacial score (nSPS) is 27.9. The van der Waals surface area contributed by atoms with Gasteiger partial charge in [0, 0.05) is 0 Å². The van der Waals surface area contributed by atoms with E-state index >= 15 is 0 Å². The Hall–Kier alpha value is -0.980. The highest BCUT2D eigenvalue weighted by molar-refractivity contribution is 7.78. The first-order valence-corrected chi connectivity index (χ1v) is 13.3. The fourth-order valence-corrected chi connectivity index (χ4v) is 6.38. The third-order valence-corrected chi connectivity index (χ3v) is 8.50. The van der Waals surface area contributed by atoms with E-state index in [1.807, 2.05) is 0 Å². The largest absolute Gasteiger partial charge is 0.195 e. The van der Waals surface area contributed by atoms with E-state index < -0.39 is 0 Å². The van der Waals surface area contributed by atoms with Crippen LogP contribution < -0.4 is 0 Å². The van der Waals surface area contributed by atoms with Gasteiger partial charge in [0.25, 0.3) is 0 Å². The highest BCUT2D eigenvalue weighted by Crippen LogP contribution is 2.45. The lowest BCUT2D eigenvalue weighted by molar-refractivity contribution is 0.131. The van der Waals surface area contributed by atoms with E-state index in [0.717, 1.165) is 35.3 Å². The Morgan fingerprint density at radius 1 is 0.867 bits per heavy atom. The van der Waals surface area contributed by atoms with Crippen molar-refractivity contribution in [3.05, 3.63) is 29.8 Å². The summed E-state index contributed by atoms with van der Waals surface area (Å²) in [5, 5.41) is 2.46. The second-order valence-corrected chi connectivity index (χ2v) is 10.4. The van der Waals surface area contributed by atoms with Crippen LogP contribution in [0.5, 0.6) is 0 Å². The Kier molecular flexibility index (Phi) is 10.1. The van der Waals surface area contributed by atoms with Crippen molar-refractivity contribution in [2.24, 2.45) is 28.7 Å². The summed E-state index contributed by atoms with van der Waals surface area (Å²) in [5.74, 6) is 4.65. The van der Waals surface area contributed by atoms with Crippen LogP contribution >= 0.6 is 12.2 Å². The van der Waals surface area contributed by atoms with E-state index in [4.69, 9.17) is 12.2 Å². The van der Waals surface area contributed by atoms with Crippen molar-refractivity contribution < 1.29 is 0 Å². The average molecular weight is 426 g/mol. The van der Waals surface area contributed by atoms with E-state index in [0.29, 0.717) is 0 Å². The molecular weight excluding hydrogens is 382 g/mol. The van der Waals surface area contributed by atoms with Gasteiger partial charge in [0.15, 0.2) is 0 Å². The fourth-order valence-electron chi connectivity index (χ4n) is 6.28. The zero-order valence-electron chi connectivity index (χ0n) is 19.5. The first-order valence-electron chi connectivity index (χ1n) is 12.9. The lowest BCUT2D eigenvalue weighted by atomic mass is 9.66. The molecule has 0 heterocycles.